The summed E-state index contributed by atoms with van der Waals surface area (Å²) in [5, 5.41) is 0. The number of benzene rings is 2. The molecule has 0 atom stereocenters. The van der Waals surface area contributed by atoms with E-state index in [-0.39, 0.29) is 0 Å². The molecule has 1 heterocycles. The van der Waals surface area contributed by atoms with E-state index in [0.29, 0.717) is 13.2 Å². The van der Waals surface area contributed by atoms with Crippen LogP contribution in [0.1, 0.15) is 5.56 Å². The highest BCUT2D eigenvalue weighted by atomic mass is 16.5. The Morgan fingerprint density at radius 1 is 1.00 bits per heavy atom. The number of fused-ring (bicyclic) bond motifs is 1. The van der Waals surface area contributed by atoms with Crippen LogP contribution in [0.25, 0.3) is 0 Å². The Hall–Kier alpha value is -2.13. The molecule has 0 amide bonds. The van der Waals surface area contributed by atoms with Gasteiger partial charge in [-0.3, -0.25) is 4.99 Å². The summed E-state index contributed by atoms with van der Waals surface area (Å²) in [7, 11) is 0. The summed E-state index contributed by atoms with van der Waals surface area (Å²) in [6.45, 7) is 1.23. The Morgan fingerprint density at radius 2 is 1.72 bits per heavy atom. The van der Waals surface area contributed by atoms with Crippen molar-refractivity contribution in [3.8, 4) is 5.75 Å². The molecule has 0 aromatic heterocycles. The van der Waals surface area contributed by atoms with E-state index in [4.69, 9.17) is 10.5 Å². The van der Waals surface area contributed by atoms with Crippen LogP contribution in [0.3, 0.4) is 0 Å². The lowest BCUT2D eigenvalue weighted by molar-refractivity contribution is 0.377. The molecule has 2 aromatic rings. The van der Waals surface area contributed by atoms with E-state index in [1.54, 1.807) is 6.21 Å². The van der Waals surface area contributed by atoms with Crippen LogP contribution in [0.15, 0.2) is 59.6 Å². The minimum atomic E-state index is 0.594. The fourth-order valence-electron chi connectivity index (χ4n) is 1.56. The molecule has 3 rings (SSSR count). The Labute approximate surface area is 107 Å². The van der Waals surface area contributed by atoms with Gasteiger partial charge in [-0.25, -0.2) is 0 Å². The Bertz CT molecular complexity index is 509. The van der Waals surface area contributed by atoms with Gasteiger partial charge in [0.15, 0.2) is 0 Å². The lowest BCUT2D eigenvalue weighted by Gasteiger charge is -2.09. The summed E-state index contributed by atoms with van der Waals surface area (Å²) in [4.78, 5) is 4.14. The Morgan fingerprint density at radius 3 is 2.39 bits per heavy atom. The predicted octanol–water partition coefficient (Wildman–Crippen LogP) is 2.93. The van der Waals surface area contributed by atoms with Crippen LogP contribution in [0.4, 0.5) is 5.69 Å². The van der Waals surface area contributed by atoms with Crippen molar-refractivity contribution in [3.05, 3.63) is 60.2 Å². The first-order valence-electron chi connectivity index (χ1n) is 5.88. The van der Waals surface area contributed by atoms with Crippen LogP contribution in [0.5, 0.6) is 5.75 Å². The van der Waals surface area contributed by atoms with Crippen molar-refractivity contribution in [2.24, 2.45) is 10.7 Å². The highest BCUT2D eigenvalue weighted by Gasteiger charge is 2.02. The maximum absolute atomic E-state index is 5.35. The minimum absolute atomic E-state index is 0.594. The van der Waals surface area contributed by atoms with Gasteiger partial charge in [0.1, 0.15) is 18.0 Å². The van der Waals surface area contributed by atoms with Gasteiger partial charge in [-0.15, -0.1) is 0 Å². The van der Waals surface area contributed by atoms with Crippen molar-refractivity contribution in [3.63, 3.8) is 0 Å². The molecule has 1 aliphatic heterocycles. The normalized spacial score (nSPS) is 11.8. The monoisotopic (exact) mass is 240 g/mol. The van der Waals surface area contributed by atoms with Crippen LogP contribution in [0, 0.1) is 0 Å². The summed E-state index contributed by atoms with van der Waals surface area (Å²) >= 11 is 0. The van der Waals surface area contributed by atoms with E-state index in [9.17, 15) is 0 Å². The number of nitrogens with zero attached hydrogens (tertiary/aromatic N) is 1. The molecule has 2 N–H and O–H groups in total. The molecule has 0 radical (unpaired) electrons. The zero-order valence-corrected chi connectivity index (χ0v) is 10.1. The fraction of sp³-hybridized carbons (Fsp3) is 0.133. The molecular formula is C15H16N2O. The smallest absolute Gasteiger partial charge is 0.145 e. The van der Waals surface area contributed by atoms with Crippen molar-refractivity contribution in [2.75, 3.05) is 6.61 Å². The summed E-state index contributed by atoms with van der Waals surface area (Å²) < 4.78 is 5.27. The summed E-state index contributed by atoms with van der Waals surface area (Å²) in [6, 6.07) is 17.7. The third-order valence-corrected chi connectivity index (χ3v) is 2.49. The van der Waals surface area contributed by atoms with E-state index in [2.05, 4.69) is 4.99 Å². The number of hydrogen-bond donors (Lipinski definition) is 1. The molecule has 0 bridgehead atoms. The van der Waals surface area contributed by atoms with E-state index >= 15 is 0 Å². The third-order valence-electron chi connectivity index (χ3n) is 2.49. The SMILES string of the molecule is C1=Nc2ccccc2OC1.NCc1ccccc1. The highest BCUT2D eigenvalue weighted by Crippen LogP contribution is 2.27. The molecule has 3 heteroatoms. The maximum atomic E-state index is 5.35. The van der Waals surface area contributed by atoms with Gasteiger partial charge in [0.2, 0.25) is 0 Å². The number of hydrogen-bond acceptors (Lipinski definition) is 3. The predicted molar refractivity (Wildman–Crippen MR) is 74.4 cm³/mol. The molecule has 0 fully saturated rings. The van der Waals surface area contributed by atoms with Gasteiger partial charge in [-0.05, 0) is 17.7 Å². The molecule has 0 unspecified atom stereocenters. The van der Waals surface area contributed by atoms with Crippen LogP contribution in [-0.2, 0) is 6.54 Å². The summed E-state index contributed by atoms with van der Waals surface area (Å²) in [5.41, 5.74) is 7.46. The standard InChI is InChI=1S/C8H7NO.C7H9N/c1-2-4-8-7(3-1)9-5-6-10-8;8-6-7-4-2-1-3-5-7/h1-5H,6H2;1-5H,6,8H2. The molecule has 1 aliphatic rings. The summed E-state index contributed by atoms with van der Waals surface area (Å²) in [6.07, 6.45) is 1.77. The first-order valence-corrected chi connectivity index (χ1v) is 5.88. The van der Waals surface area contributed by atoms with Gasteiger partial charge in [0.05, 0.1) is 0 Å². The number of nitrogens with two attached hydrogens (primary N) is 1. The zero-order chi connectivity index (χ0) is 12.6. The Balaban J connectivity index is 0.000000138. The van der Waals surface area contributed by atoms with Gasteiger partial charge in [-0.1, -0.05) is 42.5 Å². The van der Waals surface area contributed by atoms with Gasteiger partial charge in [0, 0.05) is 12.8 Å². The lowest BCUT2D eigenvalue weighted by atomic mass is 10.2. The van der Waals surface area contributed by atoms with Gasteiger partial charge in [0.25, 0.3) is 0 Å². The zero-order valence-electron chi connectivity index (χ0n) is 10.1. The number of aliphatic imine (C=N–C) groups is 1. The van der Waals surface area contributed by atoms with E-state index in [1.807, 2.05) is 54.6 Å². The van der Waals surface area contributed by atoms with Gasteiger partial charge >= 0.3 is 0 Å². The highest BCUT2D eigenvalue weighted by molar-refractivity contribution is 5.70. The van der Waals surface area contributed by atoms with Gasteiger partial charge in [-0.2, -0.15) is 0 Å². The van der Waals surface area contributed by atoms with Crippen molar-refractivity contribution < 1.29 is 4.74 Å². The van der Waals surface area contributed by atoms with Crippen molar-refractivity contribution in [1.29, 1.82) is 0 Å². The first kappa shape index (κ1) is 12.3. The second-order valence-corrected chi connectivity index (χ2v) is 3.78. The second-order valence-electron chi connectivity index (χ2n) is 3.78. The van der Waals surface area contributed by atoms with Crippen LogP contribution in [0.2, 0.25) is 0 Å². The molecule has 0 spiro atoms. The molecule has 0 saturated carbocycles. The average Bonchev–Trinajstić information content (AvgIpc) is 2.49. The molecule has 92 valence electrons. The quantitative estimate of drug-likeness (QED) is 0.833. The van der Waals surface area contributed by atoms with E-state index in [1.165, 1.54) is 5.56 Å². The number of ether oxygens (including phenoxy) is 1. The minimum Gasteiger partial charge on any atom is -0.486 e. The molecule has 2 aromatic carbocycles. The Kier molecular flexibility index (Phi) is 4.50. The lowest BCUT2D eigenvalue weighted by Crippen LogP contribution is -2.01. The van der Waals surface area contributed by atoms with Crippen LogP contribution < -0.4 is 10.5 Å². The molecule has 0 aliphatic carbocycles. The molecule has 0 saturated heterocycles. The molecule has 3 nitrogen and oxygen atoms in total. The number of para-hydroxylation sites is 2. The first-order chi connectivity index (χ1) is 8.90. The molecular weight excluding hydrogens is 224 g/mol. The largest absolute Gasteiger partial charge is 0.486 e. The van der Waals surface area contributed by atoms with E-state index < -0.39 is 0 Å². The van der Waals surface area contributed by atoms with Crippen molar-refractivity contribution in [2.45, 2.75) is 6.54 Å². The van der Waals surface area contributed by atoms with Crippen molar-refractivity contribution >= 4 is 11.9 Å². The topological polar surface area (TPSA) is 47.6 Å². The van der Waals surface area contributed by atoms with Crippen LogP contribution >= 0.6 is 0 Å². The second kappa shape index (κ2) is 6.57. The fourth-order valence-corrected chi connectivity index (χ4v) is 1.56. The molecule has 18 heavy (non-hydrogen) atoms. The van der Waals surface area contributed by atoms with E-state index in [0.717, 1.165) is 11.4 Å². The van der Waals surface area contributed by atoms with Crippen molar-refractivity contribution in [1.82, 2.24) is 0 Å². The number of rotatable bonds is 1. The van der Waals surface area contributed by atoms with Gasteiger partial charge < -0.3 is 10.5 Å². The summed E-state index contributed by atoms with van der Waals surface area (Å²) in [5.74, 6) is 0.880. The maximum Gasteiger partial charge on any atom is 0.145 e. The average molecular weight is 240 g/mol. The third kappa shape index (κ3) is 3.43. The van der Waals surface area contributed by atoms with Crippen LogP contribution in [-0.4, -0.2) is 12.8 Å².